The molecule has 2 rings (SSSR count). The summed E-state index contributed by atoms with van der Waals surface area (Å²) in [5.74, 6) is 0.822. The fourth-order valence-electron chi connectivity index (χ4n) is 1.72. The molecule has 1 aliphatic heterocycles. The van der Waals surface area contributed by atoms with Gasteiger partial charge < -0.3 is 25.4 Å². The van der Waals surface area contributed by atoms with Crippen molar-refractivity contribution in [2.45, 2.75) is 12.5 Å². The molecule has 1 unspecified atom stereocenters. The molecule has 0 aliphatic carbocycles. The molecular formula is C11H14BrNO4. The molecule has 6 heteroatoms. The molecule has 5 nitrogen and oxygen atoms in total. The molecule has 0 amide bonds. The van der Waals surface area contributed by atoms with E-state index in [1.807, 2.05) is 0 Å². The van der Waals surface area contributed by atoms with Crippen molar-refractivity contribution in [2.24, 2.45) is 5.73 Å². The summed E-state index contributed by atoms with van der Waals surface area (Å²) < 4.78 is 11.5. The van der Waals surface area contributed by atoms with E-state index >= 15 is 0 Å². The largest absolute Gasteiger partial charge is 0.506 e. The Morgan fingerprint density at radius 1 is 1.41 bits per heavy atom. The maximum Gasteiger partial charge on any atom is 0.170 e. The second kappa shape index (κ2) is 5.12. The van der Waals surface area contributed by atoms with E-state index in [4.69, 9.17) is 15.2 Å². The lowest BCUT2D eigenvalue weighted by Gasteiger charge is -2.18. The molecule has 0 bridgehead atoms. The maximum absolute atomic E-state index is 9.95. The standard InChI is InChI=1S/C11H14BrNO4/c12-6-4-8-11(17-3-1-2-16-8)9(10(6)15)7(14)5-13/h4,7,14-15H,1-3,5,13H2. The van der Waals surface area contributed by atoms with Gasteiger partial charge in [-0.05, 0) is 15.9 Å². The lowest BCUT2D eigenvalue weighted by Crippen LogP contribution is -2.13. The minimum atomic E-state index is -0.983. The van der Waals surface area contributed by atoms with Gasteiger partial charge in [-0.1, -0.05) is 0 Å². The Kier molecular flexibility index (Phi) is 3.76. The summed E-state index contributed by atoms with van der Waals surface area (Å²) >= 11 is 3.21. The van der Waals surface area contributed by atoms with E-state index in [2.05, 4.69) is 15.9 Å². The first kappa shape index (κ1) is 12.5. The summed E-state index contributed by atoms with van der Waals surface area (Å²) in [5.41, 5.74) is 5.70. The number of phenols is 1. The molecular weight excluding hydrogens is 290 g/mol. The molecule has 1 aliphatic rings. The molecule has 17 heavy (non-hydrogen) atoms. The summed E-state index contributed by atoms with van der Waals surface area (Å²) in [5, 5.41) is 19.8. The van der Waals surface area contributed by atoms with Crippen LogP contribution in [0.15, 0.2) is 10.5 Å². The number of halogens is 1. The number of phenolic OH excluding ortho intramolecular Hbond substituents is 1. The lowest BCUT2D eigenvalue weighted by molar-refractivity contribution is 0.175. The van der Waals surface area contributed by atoms with Crippen molar-refractivity contribution in [1.82, 2.24) is 0 Å². The van der Waals surface area contributed by atoms with Crippen molar-refractivity contribution in [2.75, 3.05) is 19.8 Å². The van der Waals surface area contributed by atoms with Gasteiger partial charge in [0, 0.05) is 19.0 Å². The molecule has 0 radical (unpaired) electrons. The van der Waals surface area contributed by atoms with E-state index < -0.39 is 6.10 Å². The van der Waals surface area contributed by atoms with E-state index in [-0.39, 0.29) is 17.9 Å². The first-order chi connectivity index (χ1) is 8.15. The van der Waals surface area contributed by atoms with Crippen molar-refractivity contribution < 1.29 is 19.7 Å². The van der Waals surface area contributed by atoms with Crippen LogP contribution in [0.25, 0.3) is 0 Å². The normalized spacial score (nSPS) is 16.4. The molecule has 1 atom stereocenters. The number of aromatic hydroxyl groups is 1. The number of aliphatic hydroxyl groups is 1. The zero-order valence-electron chi connectivity index (χ0n) is 9.15. The Hall–Kier alpha value is -0.980. The summed E-state index contributed by atoms with van der Waals surface area (Å²) in [6.07, 6.45) is -0.228. The topological polar surface area (TPSA) is 84.9 Å². The fourth-order valence-corrected chi connectivity index (χ4v) is 2.14. The van der Waals surface area contributed by atoms with Gasteiger partial charge in [-0.3, -0.25) is 0 Å². The van der Waals surface area contributed by atoms with Crippen LogP contribution in [0.4, 0.5) is 0 Å². The Balaban J connectivity index is 2.57. The predicted octanol–water partition coefficient (Wildman–Crippen LogP) is 1.31. The van der Waals surface area contributed by atoms with Gasteiger partial charge in [0.25, 0.3) is 0 Å². The first-order valence-corrected chi connectivity index (χ1v) is 6.13. The van der Waals surface area contributed by atoms with Crippen LogP contribution in [0.2, 0.25) is 0 Å². The lowest BCUT2D eigenvalue weighted by atomic mass is 10.1. The highest BCUT2D eigenvalue weighted by Gasteiger charge is 2.25. The zero-order valence-corrected chi connectivity index (χ0v) is 10.7. The van der Waals surface area contributed by atoms with Crippen LogP contribution in [0, 0.1) is 0 Å². The Morgan fingerprint density at radius 2 is 2.12 bits per heavy atom. The van der Waals surface area contributed by atoms with Crippen LogP contribution in [0.1, 0.15) is 18.1 Å². The van der Waals surface area contributed by atoms with Crippen molar-refractivity contribution in [1.29, 1.82) is 0 Å². The Morgan fingerprint density at radius 3 is 2.82 bits per heavy atom. The average molecular weight is 304 g/mol. The molecule has 0 saturated heterocycles. The summed E-state index contributed by atoms with van der Waals surface area (Å²) in [4.78, 5) is 0. The second-order valence-corrected chi connectivity index (χ2v) is 4.60. The van der Waals surface area contributed by atoms with E-state index in [0.717, 1.165) is 6.42 Å². The summed E-state index contributed by atoms with van der Waals surface area (Å²) in [6.45, 7) is 1.03. The summed E-state index contributed by atoms with van der Waals surface area (Å²) in [6, 6.07) is 1.63. The van der Waals surface area contributed by atoms with E-state index in [1.54, 1.807) is 6.07 Å². The Labute approximate surface area is 107 Å². The minimum absolute atomic E-state index is 0.000185. The summed E-state index contributed by atoms with van der Waals surface area (Å²) in [7, 11) is 0. The predicted molar refractivity (Wildman–Crippen MR) is 65.4 cm³/mol. The van der Waals surface area contributed by atoms with Crippen molar-refractivity contribution in [3.05, 3.63) is 16.1 Å². The monoisotopic (exact) mass is 303 g/mol. The zero-order chi connectivity index (χ0) is 12.4. The number of fused-ring (bicyclic) bond motifs is 1. The third kappa shape index (κ3) is 2.34. The van der Waals surface area contributed by atoms with Gasteiger partial charge in [-0.2, -0.15) is 0 Å². The second-order valence-electron chi connectivity index (χ2n) is 3.75. The van der Waals surface area contributed by atoms with Gasteiger partial charge in [-0.25, -0.2) is 0 Å². The van der Waals surface area contributed by atoms with Crippen LogP contribution in [-0.4, -0.2) is 30.0 Å². The fraction of sp³-hybridized carbons (Fsp3) is 0.455. The van der Waals surface area contributed by atoms with Gasteiger partial charge in [0.2, 0.25) is 0 Å². The number of nitrogens with two attached hydrogens (primary N) is 1. The molecule has 0 spiro atoms. The van der Waals surface area contributed by atoms with Crippen LogP contribution in [-0.2, 0) is 0 Å². The van der Waals surface area contributed by atoms with Gasteiger partial charge in [0.1, 0.15) is 5.75 Å². The van der Waals surface area contributed by atoms with E-state index in [9.17, 15) is 10.2 Å². The average Bonchev–Trinajstić information content (AvgIpc) is 2.55. The number of hydrogen-bond donors (Lipinski definition) is 3. The molecule has 1 aromatic carbocycles. The van der Waals surface area contributed by atoms with Crippen molar-refractivity contribution in [3.8, 4) is 17.2 Å². The van der Waals surface area contributed by atoms with Crippen LogP contribution in [0.5, 0.6) is 17.2 Å². The maximum atomic E-state index is 9.95. The molecule has 1 heterocycles. The molecule has 0 saturated carbocycles. The molecule has 1 aromatic rings. The van der Waals surface area contributed by atoms with E-state index in [1.165, 1.54) is 0 Å². The van der Waals surface area contributed by atoms with Gasteiger partial charge in [-0.15, -0.1) is 0 Å². The van der Waals surface area contributed by atoms with E-state index in [0.29, 0.717) is 29.2 Å². The van der Waals surface area contributed by atoms with Crippen LogP contribution >= 0.6 is 15.9 Å². The number of aliphatic hydroxyl groups excluding tert-OH is 1. The SMILES string of the molecule is NCC(O)c1c(O)c(Br)cc2c1OCCCO2. The van der Waals surface area contributed by atoms with Gasteiger partial charge in [0.05, 0.1) is 29.4 Å². The van der Waals surface area contributed by atoms with Crippen LogP contribution in [0.3, 0.4) is 0 Å². The highest BCUT2D eigenvalue weighted by atomic mass is 79.9. The minimum Gasteiger partial charge on any atom is -0.506 e. The van der Waals surface area contributed by atoms with Crippen LogP contribution < -0.4 is 15.2 Å². The number of rotatable bonds is 2. The molecule has 94 valence electrons. The Bertz CT molecular complexity index is 424. The number of hydrogen-bond acceptors (Lipinski definition) is 5. The first-order valence-electron chi connectivity index (χ1n) is 5.34. The third-order valence-electron chi connectivity index (χ3n) is 2.56. The smallest absolute Gasteiger partial charge is 0.170 e. The highest BCUT2D eigenvalue weighted by Crippen LogP contribution is 2.46. The van der Waals surface area contributed by atoms with Gasteiger partial charge >= 0.3 is 0 Å². The third-order valence-corrected chi connectivity index (χ3v) is 3.16. The number of benzene rings is 1. The van der Waals surface area contributed by atoms with Crippen molar-refractivity contribution in [3.63, 3.8) is 0 Å². The molecule has 4 N–H and O–H groups in total. The highest BCUT2D eigenvalue weighted by molar-refractivity contribution is 9.10. The molecule has 0 aromatic heterocycles. The molecule has 0 fully saturated rings. The quantitative estimate of drug-likeness (QED) is 0.767. The van der Waals surface area contributed by atoms with Gasteiger partial charge in [0.15, 0.2) is 11.5 Å². The number of ether oxygens (including phenoxy) is 2. The van der Waals surface area contributed by atoms with Crippen molar-refractivity contribution >= 4 is 15.9 Å².